The summed E-state index contributed by atoms with van der Waals surface area (Å²) in [6.45, 7) is 7.64. The van der Waals surface area contributed by atoms with Crippen LogP contribution in [0.25, 0.3) is 0 Å². The molecule has 7 nitrogen and oxygen atoms in total. The predicted molar refractivity (Wildman–Crippen MR) is 102 cm³/mol. The first-order chi connectivity index (χ1) is 10.3. The minimum Gasteiger partial charge on any atom is -0.383 e. The van der Waals surface area contributed by atoms with E-state index < -0.39 is 0 Å². The molecule has 0 bridgehead atoms. The zero-order valence-corrected chi connectivity index (χ0v) is 17.3. The molecule has 2 unspecified atom stereocenters. The maximum atomic E-state index is 11.7. The second-order valence-corrected chi connectivity index (χ2v) is 6.33. The van der Waals surface area contributed by atoms with Crippen LogP contribution in [0.4, 0.5) is 0 Å². The highest BCUT2D eigenvalue weighted by atomic mass is 127. The summed E-state index contributed by atoms with van der Waals surface area (Å²) in [5.41, 5.74) is -0.152. The number of hydrogen-bond donors (Lipinski definition) is 3. The van der Waals surface area contributed by atoms with Gasteiger partial charge in [0.15, 0.2) is 5.96 Å². The number of carbonyl (C=O) groups is 1. The zero-order valence-electron chi connectivity index (χ0n) is 15.0. The minimum absolute atomic E-state index is 0. The van der Waals surface area contributed by atoms with E-state index in [1.54, 1.807) is 21.3 Å². The molecule has 2 atom stereocenters. The van der Waals surface area contributed by atoms with Gasteiger partial charge in [0.1, 0.15) is 0 Å². The van der Waals surface area contributed by atoms with Gasteiger partial charge in [-0.3, -0.25) is 9.79 Å². The monoisotopic (exact) mass is 442 g/mol. The number of aliphatic imine (C=N–C) groups is 1. The SMILES string of the molecule is CN=C(NCC(=O)NCCOC)NC1CC(C)(OC)C1(C)C.I. The van der Waals surface area contributed by atoms with E-state index in [9.17, 15) is 4.79 Å². The molecule has 0 saturated heterocycles. The first kappa shape index (κ1) is 22.4. The molecular weight excluding hydrogens is 411 g/mol. The normalized spacial score (nSPS) is 25.8. The van der Waals surface area contributed by atoms with Crippen molar-refractivity contribution in [3.8, 4) is 0 Å². The molecule has 0 spiro atoms. The van der Waals surface area contributed by atoms with E-state index in [-0.39, 0.29) is 53.5 Å². The molecule has 3 N–H and O–H groups in total. The molecule has 0 aliphatic heterocycles. The fourth-order valence-corrected chi connectivity index (χ4v) is 2.60. The number of carbonyl (C=O) groups excluding carboxylic acids is 1. The van der Waals surface area contributed by atoms with Crippen LogP contribution in [0.5, 0.6) is 0 Å². The summed E-state index contributed by atoms with van der Waals surface area (Å²) >= 11 is 0. The van der Waals surface area contributed by atoms with Crippen molar-refractivity contribution in [1.29, 1.82) is 0 Å². The van der Waals surface area contributed by atoms with Crippen molar-refractivity contribution in [2.45, 2.75) is 38.8 Å². The molecule has 0 aromatic carbocycles. The fraction of sp³-hybridized carbons (Fsp3) is 0.867. The Morgan fingerprint density at radius 3 is 2.39 bits per heavy atom. The van der Waals surface area contributed by atoms with Crippen molar-refractivity contribution in [3.05, 3.63) is 0 Å². The number of nitrogens with zero attached hydrogens (tertiary/aromatic N) is 1. The highest BCUT2D eigenvalue weighted by molar-refractivity contribution is 14.0. The van der Waals surface area contributed by atoms with E-state index in [2.05, 4.69) is 41.7 Å². The van der Waals surface area contributed by atoms with Crippen molar-refractivity contribution in [3.63, 3.8) is 0 Å². The van der Waals surface area contributed by atoms with Crippen LogP contribution >= 0.6 is 24.0 Å². The van der Waals surface area contributed by atoms with E-state index in [0.29, 0.717) is 19.1 Å². The lowest BCUT2D eigenvalue weighted by atomic mass is 9.56. The molecule has 23 heavy (non-hydrogen) atoms. The van der Waals surface area contributed by atoms with Crippen LogP contribution in [-0.2, 0) is 14.3 Å². The summed E-state index contributed by atoms with van der Waals surface area (Å²) < 4.78 is 10.5. The Morgan fingerprint density at radius 1 is 1.26 bits per heavy atom. The Bertz CT molecular complexity index is 418. The molecule has 136 valence electrons. The fourth-order valence-electron chi connectivity index (χ4n) is 2.60. The Labute approximate surface area is 156 Å². The van der Waals surface area contributed by atoms with Gasteiger partial charge in [-0.15, -0.1) is 24.0 Å². The van der Waals surface area contributed by atoms with Crippen molar-refractivity contribution in [2.75, 3.05) is 41.0 Å². The summed E-state index contributed by atoms with van der Waals surface area (Å²) in [5, 5.41) is 9.14. The lowest BCUT2D eigenvalue weighted by Crippen LogP contribution is -2.69. The predicted octanol–water partition coefficient (Wildman–Crippen LogP) is 0.736. The summed E-state index contributed by atoms with van der Waals surface area (Å²) in [6.07, 6.45) is 0.900. The van der Waals surface area contributed by atoms with E-state index >= 15 is 0 Å². The molecule has 8 heteroatoms. The van der Waals surface area contributed by atoms with Crippen molar-refractivity contribution in [2.24, 2.45) is 10.4 Å². The number of hydrogen-bond acceptors (Lipinski definition) is 4. The van der Waals surface area contributed by atoms with Gasteiger partial charge in [-0.1, -0.05) is 13.8 Å². The summed E-state index contributed by atoms with van der Waals surface area (Å²) in [5.74, 6) is 0.535. The van der Waals surface area contributed by atoms with Gasteiger partial charge in [-0.25, -0.2) is 0 Å². The molecule has 1 aliphatic rings. The Balaban J connectivity index is 0.00000484. The number of halogens is 1. The molecule has 1 fully saturated rings. The van der Waals surface area contributed by atoms with E-state index in [1.807, 2.05) is 0 Å². The molecule has 0 aromatic heterocycles. The molecule has 0 heterocycles. The van der Waals surface area contributed by atoms with Gasteiger partial charge in [0.2, 0.25) is 5.91 Å². The average Bonchev–Trinajstić information content (AvgIpc) is 2.50. The second-order valence-electron chi connectivity index (χ2n) is 6.33. The van der Waals surface area contributed by atoms with E-state index in [1.165, 1.54) is 0 Å². The first-order valence-electron chi connectivity index (χ1n) is 7.58. The third-order valence-electron chi connectivity index (χ3n) is 4.86. The smallest absolute Gasteiger partial charge is 0.239 e. The van der Waals surface area contributed by atoms with Crippen LogP contribution in [0.1, 0.15) is 27.2 Å². The number of guanidine groups is 1. The van der Waals surface area contributed by atoms with Crippen LogP contribution in [0.15, 0.2) is 4.99 Å². The van der Waals surface area contributed by atoms with Gasteiger partial charge >= 0.3 is 0 Å². The van der Waals surface area contributed by atoms with Crippen molar-refractivity contribution < 1.29 is 14.3 Å². The average molecular weight is 442 g/mol. The lowest BCUT2D eigenvalue weighted by Gasteiger charge is -2.59. The molecule has 1 amide bonds. The van der Waals surface area contributed by atoms with E-state index in [0.717, 1.165) is 6.42 Å². The van der Waals surface area contributed by atoms with Crippen molar-refractivity contribution in [1.82, 2.24) is 16.0 Å². The van der Waals surface area contributed by atoms with Gasteiger partial charge in [0.05, 0.1) is 18.8 Å². The molecule has 0 aromatic rings. The largest absolute Gasteiger partial charge is 0.383 e. The van der Waals surface area contributed by atoms with Gasteiger partial charge in [0, 0.05) is 39.3 Å². The maximum absolute atomic E-state index is 11.7. The molecule has 1 rings (SSSR count). The first-order valence-corrected chi connectivity index (χ1v) is 7.58. The van der Waals surface area contributed by atoms with Crippen LogP contribution < -0.4 is 16.0 Å². The van der Waals surface area contributed by atoms with Gasteiger partial charge in [-0.2, -0.15) is 0 Å². The van der Waals surface area contributed by atoms with Crippen LogP contribution in [0, 0.1) is 5.41 Å². The third-order valence-corrected chi connectivity index (χ3v) is 4.86. The van der Waals surface area contributed by atoms with Crippen LogP contribution in [0.3, 0.4) is 0 Å². The number of rotatable bonds is 7. The lowest BCUT2D eigenvalue weighted by molar-refractivity contribution is -0.176. The maximum Gasteiger partial charge on any atom is 0.239 e. The summed E-state index contributed by atoms with van der Waals surface area (Å²) in [6, 6.07) is 0.250. The summed E-state index contributed by atoms with van der Waals surface area (Å²) in [4.78, 5) is 15.8. The van der Waals surface area contributed by atoms with Gasteiger partial charge in [-0.05, 0) is 13.3 Å². The second kappa shape index (κ2) is 9.63. The number of methoxy groups -OCH3 is 2. The van der Waals surface area contributed by atoms with Gasteiger partial charge < -0.3 is 25.4 Å². The third kappa shape index (κ3) is 5.46. The highest BCUT2D eigenvalue weighted by Gasteiger charge is 2.58. The topological polar surface area (TPSA) is 84.0 Å². The number of amides is 1. The minimum atomic E-state index is -0.138. The molecule has 1 saturated carbocycles. The van der Waals surface area contributed by atoms with E-state index in [4.69, 9.17) is 9.47 Å². The molecule has 1 aliphatic carbocycles. The summed E-state index contributed by atoms with van der Waals surface area (Å²) in [7, 11) is 5.04. The Morgan fingerprint density at radius 2 is 1.91 bits per heavy atom. The Hall–Kier alpha value is -0.610. The Kier molecular flexibility index (Phi) is 9.37. The molecule has 0 radical (unpaired) electrons. The van der Waals surface area contributed by atoms with Crippen LogP contribution in [-0.4, -0.2) is 64.5 Å². The van der Waals surface area contributed by atoms with Gasteiger partial charge in [0.25, 0.3) is 0 Å². The zero-order chi connectivity index (χ0) is 16.8. The van der Waals surface area contributed by atoms with Crippen molar-refractivity contribution >= 4 is 35.8 Å². The standard InChI is InChI=1S/C15H30N4O3.HI/c1-14(2)11(9-15(14,3)22-6)19-13(16-4)18-10-12(20)17-7-8-21-5;/h11H,7-10H2,1-6H3,(H,17,20)(H2,16,18,19);1H. The number of ether oxygens (including phenoxy) is 2. The number of nitrogens with one attached hydrogen (secondary N) is 3. The highest BCUT2D eigenvalue weighted by Crippen LogP contribution is 2.51. The quantitative estimate of drug-likeness (QED) is 0.235. The van der Waals surface area contributed by atoms with Crippen LogP contribution in [0.2, 0.25) is 0 Å². The molecular formula is C15H31IN4O3.